The number of Topliss-reactive ketones (excluding diaryl/α,β-unsaturated/α-hetero) is 1. The normalized spacial score (nSPS) is 11.4. The molecule has 1 heterocycles. The summed E-state index contributed by atoms with van der Waals surface area (Å²) >= 11 is 0. The third kappa shape index (κ3) is 5.19. The van der Waals surface area contributed by atoms with Gasteiger partial charge in [0, 0.05) is 40.1 Å². The van der Waals surface area contributed by atoms with Gasteiger partial charge in [0.25, 0.3) is 5.78 Å². The molecule has 7 nitrogen and oxygen atoms in total. The van der Waals surface area contributed by atoms with Gasteiger partial charge in [0.15, 0.2) is 5.78 Å². The van der Waals surface area contributed by atoms with Crippen LogP contribution in [0.5, 0.6) is 5.75 Å². The molecule has 0 bridgehead atoms. The van der Waals surface area contributed by atoms with E-state index in [1.807, 2.05) is 78.9 Å². The van der Waals surface area contributed by atoms with Gasteiger partial charge >= 0.3 is 11.9 Å². The Morgan fingerprint density at radius 2 is 1.21 bits per heavy atom. The van der Waals surface area contributed by atoms with Crippen molar-refractivity contribution in [3.8, 4) is 11.4 Å². The van der Waals surface area contributed by atoms with Crippen LogP contribution >= 0.6 is 0 Å². The molecule has 6 rings (SSSR count). The highest BCUT2D eigenvalue weighted by atomic mass is 16.7. The van der Waals surface area contributed by atoms with E-state index in [0.29, 0.717) is 22.4 Å². The molecule has 42 heavy (non-hydrogen) atoms. The fourth-order valence-electron chi connectivity index (χ4n) is 4.85. The summed E-state index contributed by atoms with van der Waals surface area (Å²) in [5.74, 6) is -1.24. The van der Waals surface area contributed by atoms with Gasteiger partial charge < -0.3 is 14.1 Å². The van der Waals surface area contributed by atoms with Crippen LogP contribution in [0.1, 0.15) is 33.2 Å². The Balaban J connectivity index is 1.40. The van der Waals surface area contributed by atoms with E-state index in [4.69, 9.17) is 9.57 Å². The van der Waals surface area contributed by atoms with Crippen molar-refractivity contribution in [3.63, 3.8) is 0 Å². The maximum atomic E-state index is 13.6. The summed E-state index contributed by atoms with van der Waals surface area (Å²) in [6.07, 6.45) is 0. The molecule has 7 heteroatoms. The fourth-order valence-corrected chi connectivity index (χ4v) is 4.85. The molecule has 0 aliphatic rings. The van der Waals surface area contributed by atoms with E-state index in [1.165, 1.54) is 6.92 Å². The predicted octanol–water partition coefficient (Wildman–Crippen LogP) is 7.15. The topological polar surface area (TPSA) is 87.0 Å². The molecule has 0 amide bonds. The second-order valence-electron chi connectivity index (χ2n) is 9.55. The van der Waals surface area contributed by atoms with Crippen LogP contribution in [-0.2, 0) is 9.63 Å². The Labute approximate surface area is 241 Å². The van der Waals surface area contributed by atoms with E-state index >= 15 is 0 Å². The van der Waals surface area contributed by atoms with Crippen LogP contribution in [-0.4, -0.2) is 28.0 Å². The molecule has 0 spiro atoms. The lowest BCUT2D eigenvalue weighted by Crippen LogP contribution is -2.22. The molecule has 1 aromatic heterocycles. The number of benzene rings is 5. The molecule has 0 aliphatic heterocycles. The Morgan fingerprint density at radius 3 is 1.93 bits per heavy atom. The highest BCUT2D eigenvalue weighted by molar-refractivity contribution is 6.43. The van der Waals surface area contributed by atoms with Crippen molar-refractivity contribution in [1.82, 2.24) is 4.57 Å². The number of carbonyl (C=O) groups excluding carboxylic acids is 3. The van der Waals surface area contributed by atoms with E-state index in [2.05, 4.69) is 9.72 Å². The van der Waals surface area contributed by atoms with Gasteiger partial charge in [-0.3, -0.25) is 9.59 Å². The Bertz CT molecular complexity index is 1980. The van der Waals surface area contributed by atoms with Crippen molar-refractivity contribution in [3.05, 3.63) is 144 Å². The number of fused-ring (bicyclic) bond motifs is 3. The standard InChI is InChI=1S/C35H24N2O5/c1-23(38)42-36-35(41-28-12-6-3-7-13-28)34(40)26-18-21-32-30(22-26)29-14-8-9-15-31(29)37(32)27-19-16-25(17-20-27)33(39)24-10-4-2-5-11-24/h2-22H,1H3. The number of oxime groups is 1. The molecule has 0 saturated heterocycles. The Hall–Kier alpha value is -5.82. The van der Waals surface area contributed by atoms with Crippen LogP contribution in [0.3, 0.4) is 0 Å². The van der Waals surface area contributed by atoms with Crippen molar-refractivity contribution >= 4 is 45.2 Å². The molecule has 0 atom stereocenters. The first-order valence-corrected chi connectivity index (χ1v) is 13.3. The number of rotatable bonds is 7. The quantitative estimate of drug-likeness (QED) is 0.0690. The van der Waals surface area contributed by atoms with Crippen LogP contribution in [0.2, 0.25) is 0 Å². The van der Waals surface area contributed by atoms with Gasteiger partial charge in [-0.15, -0.1) is 0 Å². The lowest BCUT2D eigenvalue weighted by atomic mass is 10.0. The summed E-state index contributed by atoms with van der Waals surface area (Å²) in [5.41, 5.74) is 4.22. The molecule has 6 aromatic rings. The summed E-state index contributed by atoms with van der Waals surface area (Å²) in [6.45, 7) is 1.19. The van der Waals surface area contributed by atoms with Crippen LogP contribution in [0, 0.1) is 0 Å². The number of para-hydroxylation sites is 2. The van der Waals surface area contributed by atoms with Crippen molar-refractivity contribution in [2.24, 2.45) is 5.16 Å². The zero-order valence-electron chi connectivity index (χ0n) is 22.6. The lowest BCUT2D eigenvalue weighted by molar-refractivity contribution is -0.141. The largest absolute Gasteiger partial charge is 0.434 e. The molecule has 0 fully saturated rings. The number of aromatic nitrogens is 1. The van der Waals surface area contributed by atoms with E-state index in [-0.39, 0.29) is 11.7 Å². The molecular weight excluding hydrogens is 528 g/mol. The Kier molecular flexibility index (Phi) is 7.13. The molecule has 5 aromatic carbocycles. The highest BCUT2D eigenvalue weighted by Crippen LogP contribution is 2.33. The molecule has 204 valence electrons. The van der Waals surface area contributed by atoms with Gasteiger partial charge in [-0.1, -0.05) is 66.7 Å². The predicted molar refractivity (Wildman–Crippen MR) is 161 cm³/mol. The fraction of sp³-hybridized carbons (Fsp3) is 0.0286. The monoisotopic (exact) mass is 552 g/mol. The van der Waals surface area contributed by atoms with Gasteiger partial charge in [-0.05, 0) is 65.8 Å². The third-order valence-electron chi connectivity index (χ3n) is 6.77. The van der Waals surface area contributed by atoms with Crippen LogP contribution < -0.4 is 4.74 Å². The van der Waals surface area contributed by atoms with Crippen molar-refractivity contribution in [2.45, 2.75) is 6.92 Å². The molecule has 0 aliphatic carbocycles. The van der Waals surface area contributed by atoms with E-state index in [0.717, 1.165) is 27.5 Å². The number of ketones is 2. The van der Waals surface area contributed by atoms with E-state index in [1.54, 1.807) is 48.5 Å². The zero-order chi connectivity index (χ0) is 29.1. The maximum Gasteiger partial charge on any atom is 0.332 e. The third-order valence-corrected chi connectivity index (χ3v) is 6.77. The van der Waals surface area contributed by atoms with Gasteiger partial charge in [0.2, 0.25) is 0 Å². The van der Waals surface area contributed by atoms with Gasteiger partial charge in [-0.2, -0.15) is 0 Å². The molecule has 0 saturated carbocycles. The number of ether oxygens (including phenoxy) is 1. The number of hydrogen-bond donors (Lipinski definition) is 0. The van der Waals surface area contributed by atoms with E-state index in [9.17, 15) is 14.4 Å². The lowest BCUT2D eigenvalue weighted by Gasteiger charge is -2.10. The molecule has 0 unspecified atom stereocenters. The molecule has 0 N–H and O–H groups in total. The summed E-state index contributed by atoms with van der Waals surface area (Å²) in [6, 6.07) is 38.5. The van der Waals surface area contributed by atoms with Gasteiger partial charge in [0.05, 0.1) is 11.0 Å². The summed E-state index contributed by atoms with van der Waals surface area (Å²) in [5, 5.41) is 5.48. The minimum absolute atomic E-state index is 0.0449. The summed E-state index contributed by atoms with van der Waals surface area (Å²) < 4.78 is 7.80. The zero-order valence-corrected chi connectivity index (χ0v) is 22.6. The van der Waals surface area contributed by atoms with Crippen LogP contribution in [0.4, 0.5) is 0 Å². The smallest absolute Gasteiger partial charge is 0.332 e. The number of carbonyl (C=O) groups is 3. The first-order valence-electron chi connectivity index (χ1n) is 13.3. The van der Waals surface area contributed by atoms with E-state index < -0.39 is 11.8 Å². The minimum Gasteiger partial charge on any atom is -0.434 e. The first kappa shape index (κ1) is 26.4. The second-order valence-corrected chi connectivity index (χ2v) is 9.55. The highest BCUT2D eigenvalue weighted by Gasteiger charge is 2.21. The van der Waals surface area contributed by atoms with Gasteiger partial charge in [-0.25, -0.2) is 4.79 Å². The number of nitrogens with zero attached hydrogens (tertiary/aromatic N) is 2. The number of hydrogen-bond acceptors (Lipinski definition) is 6. The average molecular weight is 553 g/mol. The second kappa shape index (κ2) is 11.3. The van der Waals surface area contributed by atoms with Crippen molar-refractivity contribution in [1.29, 1.82) is 0 Å². The van der Waals surface area contributed by atoms with Crippen molar-refractivity contribution < 1.29 is 24.0 Å². The Morgan fingerprint density at radius 1 is 0.619 bits per heavy atom. The van der Waals surface area contributed by atoms with Crippen LogP contribution in [0.15, 0.2) is 133 Å². The van der Waals surface area contributed by atoms with Crippen LogP contribution in [0.25, 0.3) is 27.5 Å². The first-order chi connectivity index (χ1) is 20.5. The average Bonchev–Trinajstić information content (AvgIpc) is 3.37. The summed E-state index contributed by atoms with van der Waals surface area (Å²) in [7, 11) is 0. The maximum absolute atomic E-state index is 13.6. The van der Waals surface area contributed by atoms with Crippen molar-refractivity contribution in [2.75, 3.05) is 0 Å². The molecule has 0 radical (unpaired) electrons. The van der Waals surface area contributed by atoms with Gasteiger partial charge in [0.1, 0.15) is 5.75 Å². The minimum atomic E-state index is -0.674. The summed E-state index contributed by atoms with van der Waals surface area (Å²) in [4.78, 5) is 42.7. The SMILES string of the molecule is CC(=O)ON=C(Oc1ccccc1)C(=O)c1ccc2c(c1)c1ccccc1n2-c1ccc(C(=O)c2ccccc2)cc1. The molecular formula is C35H24N2O5.